The maximum Gasteiger partial charge on any atom is 0.310 e. The highest BCUT2D eigenvalue weighted by Gasteiger charge is 2.23. The summed E-state index contributed by atoms with van der Waals surface area (Å²) >= 11 is 0. The minimum absolute atomic E-state index is 0.118. The van der Waals surface area contributed by atoms with Crippen molar-refractivity contribution >= 4 is 27.9 Å². The van der Waals surface area contributed by atoms with Crippen molar-refractivity contribution < 1.29 is 19.0 Å². The topological polar surface area (TPSA) is 125 Å². The Balaban J connectivity index is 1.71. The van der Waals surface area contributed by atoms with E-state index in [-0.39, 0.29) is 40.6 Å². The lowest BCUT2D eigenvalue weighted by molar-refractivity contribution is -0.154. The first-order valence-electron chi connectivity index (χ1n) is 9.75. The van der Waals surface area contributed by atoms with Gasteiger partial charge < -0.3 is 19.2 Å². The average molecular weight is 414 g/mol. The molecule has 0 saturated heterocycles. The molecule has 30 heavy (non-hydrogen) atoms. The van der Waals surface area contributed by atoms with Crippen molar-refractivity contribution in [1.82, 2.24) is 20.0 Å². The fraction of sp³-hybridized carbons (Fsp3) is 0.450. The SMILES string of the molecule is COc1cc2[nH]c(=O)c3nn(COC(=O)C4CCCCC4)nc3c(=O)c2cc1OC. The van der Waals surface area contributed by atoms with Gasteiger partial charge in [-0.25, -0.2) is 0 Å². The molecule has 10 nitrogen and oxygen atoms in total. The van der Waals surface area contributed by atoms with Gasteiger partial charge in [-0.2, -0.15) is 0 Å². The average Bonchev–Trinajstić information content (AvgIpc) is 3.18. The Hall–Kier alpha value is -3.43. The van der Waals surface area contributed by atoms with Gasteiger partial charge in [-0.15, -0.1) is 15.0 Å². The smallest absolute Gasteiger partial charge is 0.310 e. The second-order valence-electron chi connectivity index (χ2n) is 7.23. The lowest BCUT2D eigenvalue weighted by Gasteiger charge is -2.19. The molecule has 0 spiro atoms. The lowest BCUT2D eigenvalue weighted by atomic mass is 9.89. The van der Waals surface area contributed by atoms with E-state index in [2.05, 4.69) is 15.2 Å². The van der Waals surface area contributed by atoms with Crippen LogP contribution in [0.2, 0.25) is 0 Å². The molecule has 158 valence electrons. The van der Waals surface area contributed by atoms with Crippen LogP contribution in [-0.4, -0.2) is 40.2 Å². The van der Waals surface area contributed by atoms with Gasteiger partial charge in [0.2, 0.25) is 12.2 Å². The summed E-state index contributed by atoms with van der Waals surface area (Å²) < 4.78 is 15.8. The molecular weight excluding hydrogens is 392 g/mol. The fourth-order valence-electron chi connectivity index (χ4n) is 3.77. The first-order valence-corrected chi connectivity index (χ1v) is 9.75. The van der Waals surface area contributed by atoms with Gasteiger partial charge in [0.25, 0.3) is 5.56 Å². The van der Waals surface area contributed by atoms with E-state index in [4.69, 9.17) is 14.2 Å². The van der Waals surface area contributed by atoms with Crippen molar-refractivity contribution in [2.45, 2.75) is 38.8 Å². The highest BCUT2D eigenvalue weighted by molar-refractivity contribution is 5.88. The van der Waals surface area contributed by atoms with Crippen molar-refractivity contribution in [3.8, 4) is 11.5 Å². The molecule has 1 saturated carbocycles. The predicted molar refractivity (Wildman–Crippen MR) is 108 cm³/mol. The van der Waals surface area contributed by atoms with Crippen LogP contribution in [0, 0.1) is 5.92 Å². The molecule has 1 aliphatic carbocycles. The van der Waals surface area contributed by atoms with Gasteiger partial charge in [-0.1, -0.05) is 19.3 Å². The summed E-state index contributed by atoms with van der Waals surface area (Å²) in [6, 6.07) is 2.99. The molecule has 1 aromatic carbocycles. The minimum atomic E-state index is -0.589. The minimum Gasteiger partial charge on any atom is -0.493 e. The molecule has 0 bridgehead atoms. The van der Waals surface area contributed by atoms with Gasteiger partial charge in [0, 0.05) is 6.07 Å². The number of aromatic amines is 1. The van der Waals surface area contributed by atoms with Gasteiger partial charge in [0.15, 0.2) is 22.5 Å². The van der Waals surface area contributed by atoms with E-state index >= 15 is 0 Å². The van der Waals surface area contributed by atoms with Crippen molar-refractivity contribution in [1.29, 1.82) is 0 Å². The molecule has 2 heterocycles. The normalized spacial score (nSPS) is 14.7. The van der Waals surface area contributed by atoms with Crippen molar-refractivity contribution in [2.24, 2.45) is 5.92 Å². The van der Waals surface area contributed by atoms with Crippen LogP contribution in [0.1, 0.15) is 32.1 Å². The van der Waals surface area contributed by atoms with Crippen LogP contribution in [0.5, 0.6) is 11.5 Å². The van der Waals surface area contributed by atoms with Gasteiger partial charge in [-0.05, 0) is 18.9 Å². The molecule has 0 unspecified atom stereocenters. The third kappa shape index (κ3) is 3.60. The van der Waals surface area contributed by atoms with E-state index in [1.54, 1.807) is 0 Å². The molecule has 1 fully saturated rings. The van der Waals surface area contributed by atoms with Crippen LogP contribution in [0.25, 0.3) is 21.9 Å². The molecule has 3 aromatic rings. The van der Waals surface area contributed by atoms with Crippen molar-refractivity contribution in [3.05, 3.63) is 32.7 Å². The van der Waals surface area contributed by atoms with Crippen molar-refractivity contribution in [2.75, 3.05) is 14.2 Å². The summed E-state index contributed by atoms with van der Waals surface area (Å²) in [6.07, 6.45) is 4.77. The Kier molecular flexibility index (Phi) is 5.39. The number of methoxy groups -OCH3 is 2. The summed E-state index contributed by atoms with van der Waals surface area (Å²) in [5.41, 5.74) is -1.06. The molecule has 1 N–H and O–H groups in total. The summed E-state index contributed by atoms with van der Waals surface area (Å²) in [7, 11) is 2.91. The second kappa shape index (κ2) is 8.13. The highest BCUT2D eigenvalue weighted by Crippen LogP contribution is 2.29. The molecule has 2 aromatic heterocycles. The molecule has 4 rings (SSSR count). The Morgan fingerprint density at radius 1 is 1.07 bits per heavy atom. The Morgan fingerprint density at radius 2 is 1.73 bits per heavy atom. The van der Waals surface area contributed by atoms with Crippen LogP contribution in [-0.2, 0) is 16.3 Å². The third-order valence-corrected chi connectivity index (χ3v) is 5.36. The number of aromatic nitrogens is 4. The van der Waals surface area contributed by atoms with Gasteiger partial charge in [0.1, 0.15) is 0 Å². The van der Waals surface area contributed by atoms with Crippen LogP contribution < -0.4 is 20.5 Å². The quantitative estimate of drug-likeness (QED) is 0.626. The Bertz CT molecular complexity index is 1230. The fourth-order valence-corrected chi connectivity index (χ4v) is 3.77. The third-order valence-electron chi connectivity index (χ3n) is 5.36. The molecule has 1 aliphatic rings. The number of rotatable bonds is 5. The molecular formula is C20H22N4O6. The van der Waals surface area contributed by atoms with Crippen LogP contribution in [0.3, 0.4) is 0 Å². The van der Waals surface area contributed by atoms with E-state index in [9.17, 15) is 14.4 Å². The molecule has 0 atom stereocenters. The number of fused-ring (bicyclic) bond motifs is 2. The predicted octanol–water partition coefficient (Wildman–Crippen LogP) is 1.73. The van der Waals surface area contributed by atoms with E-state index in [0.29, 0.717) is 11.5 Å². The summed E-state index contributed by atoms with van der Waals surface area (Å²) in [6.45, 7) is -0.262. The highest BCUT2D eigenvalue weighted by atomic mass is 16.5. The van der Waals surface area contributed by atoms with Crippen LogP contribution in [0.4, 0.5) is 0 Å². The number of esters is 1. The van der Waals surface area contributed by atoms with Crippen LogP contribution >= 0.6 is 0 Å². The number of carbonyl (C=O) groups excluding carboxylic acids is 1. The van der Waals surface area contributed by atoms with Gasteiger partial charge in [0.05, 0.1) is 31.0 Å². The zero-order chi connectivity index (χ0) is 21.3. The van der Waals surface area contributed by atoms with Crippen LogP contribution in [0.15, 0.2) is 21.7 Å². The maximum atomic E-state index is 13.0. The molecule has 0 radical (unpaired) electrons. The number of ether oxygens (including phenoxy) is 3. The van der Waals surface area contributed by atoms with Gasteiger partial charge >= 0.3 is 5.97 Å². The summed E-state index contributed by atoms with van der Waals surface area (Å²) in [5, 5.41) is 8.36. The number of nitrogens with one attached hydrogen (secondary N) is 1. The monoisotopic (exact) mass is 414 g/mol. The number of hydrogen-bond donors (Lipinski definition) is 1. The molecule has 10 heteroatoms. The first kappa shape index (κ1) is 19.9. The lowest BCUT2D eigenvalue weighted by Crippen LogP contribution is -2.22. The van der Waals surface area contributed by atoms with Gasteiger partial charge in [-0.3, -0.25) is 14.4 Å². The standard InChI is InChI=1S/C20H22N4O6/c1-28-14-8-12-13(9-15(14)29-2)21-19(26)17-16(18(12)25)22-24(23-17)10-30-20(27)11-6-4-3-5-7-11/h8-9,11H,3-7,10H2,1-2H3,(H,21,26). The largest absolute Gasteiger partial charge is 0.493 e. The zero-order valence-electron chi connectivity index (χ0n) is 16.8. The zero-order valence-corrected chi connectivity index (χ0v) is 16.8. The Morgan fingerprint density at radius 3 is 2.43 bits per heavy atom. The van der Waals surface area contributed by atoms with E-state index in [1.165, 1.54) is 26.4 Å². The number of H-pyrrole nitrogens is 1. The Labute approximate surface area is 170 Å². The summed E-state index contributed by atoms with van der Waals surface area (Å²) in [4.78, 5) is 41.6. The number of carbonyl (C=O) groups is 1. The van der Waals surface area contributed by atoms with E-state index < -0.39 is 11.0 Å². The first-order chi connectivity index (χ1) is 14.5. The van der Waals surface area contributed by atoms with E-state index in [1.807, 2.05) is 0 Å². The number of hydrogen-bond acceptors (Lipinski definition) is 8. The molecule has 0 aliphatic heterocycles. The molecule has 0 amide bonds. The number of benzene rings is 1. The summed E-state index contributed by atoms with van der Waals surface area (Å²) in [5.74, 6) is 0.291. The second-order valence-corrected chi connectivity index (χ2v) is 7.23. The number of nitrogens with zero attached hydrogens (tertiary/aromatic N) is 3. The van der Waals surface area contributed by atoms with E-state index in [0.717, 1.165) is 36.9 Å². The van der Waals surface area contributed by atoms with Crippen molar-refractivity contribution in [3.63, 3.8) is 0 Å². The maximum absolute atomic E-state index is 13.0.